The summed E-state index contributed by atoms with van der Waals surface area (Å²) < 4.78 is 30.6. The zero-order chi connectivity index (χ0) is 12.5. The van der Waals surface area contributed by atoms with E-state index in [0.29, 0.717) is 0 Å². The minimum Gasteiger partial charge on any atom is -0.508 e. The number of hydrogen-bond acceptors (Lipinski definition) is 6. The largest absolute Gasteiger partial charge is 0.508 e. The van der Waals surface area contributed by atoms with Crippen LogP contribution in [-0.2, 0) is 10.0 Å². The number of nitrogens with zero attached hydrogens (tertiary/aromatic N) is 2. The molecule has 0 atom stereocenters. The second kappa shape index (κ2) is 4.06. The van der Waals surface area contributed by atoms with Gasteiger partial charge in [-0.3, -0.25) is 0 Å². The Bertz CT molecular complexity index is 635. The van der Waals surface area contributed by atoms with Gasteiger partial charge in [0.2, 0.25) is 5.89 Å². The molecule has 0 saturated carbocycles. The lowest BCUT2D eigenvalue weighted by atomic mass is 10.3. The maximum Gasteiger partial charge on any atom is 0.329 e. The van der Waals surface area contributed by atoms with Crippen LogP contribution in [0.3, 0.4) is 0 Å². The molecule has 90 valence electrons. The highest BCUT2D eigenvalue weighted by molar-refractivity contribution is 7.92. The van der Waals surface area contributed by atoms with Gasteiger partial charge >= 0.3 is 6.01 Å². The van der Waals surface area contributed by atoms with Crippen molar-refractivity contribution >= 4 is 16.0 Å². The molecule has 0 amide bonds. The summed E-state index contributed by atoms with van der Waals surface area (Å²) in [5.41, 5.74) is 0. The van der Waals surface area contributed by atoms with E-state index in [4.69, 9.17) is 4.42 Å². The molecule has 0 bridgehead atoms. The van der Waals surface area contributed by atoms with Gasteiger partial charge in [0.15, 0.2) is 0 Å². The van der Waals surface area contributed by atoms with Crippen molar-refractivity contribution in [3.8, 4) is 5.75 Å². The van der Waals surface area contributed by atoms with Crippen LogP contribution in [-0.4, -0.2) is 23.7 Å². The van der Waals surface area contributed by atoms with Crippen LogP contribution < -0.4 is 4.72 Å². The van der Waals surface area contributed by atoms with Gasteiger partial charge in [-0.05, 0) is 12.1 Å². The molecular weight excluding hydrogens is 246 g/mol. The lowest BCUT2D eigenvalue weighted by Gasteiger charge is -2.03. The zero-order valence-electron chi connectivity index (χ0n) is 8.78. The highest BCUT2D eigenvalue weighted by atomic mass is 32.2. The number of hydrogen-bond donors (Lipinski definition) is 2. The second-order valence-electron chi connectivity index (χ2n) is 3.23. The molecule has 0 spiro atoms. The molecule has 7 nitrogen and oxygen atoms in total. The van der Waals surface area contributed by atoms with Crippen LogP contribution in [0.2, 0.25) is 0 Å². The summed E-state index contributed by atoms with van der Waals surface area (Å²) in [7, 11) is -3.83. The molecule has 17 heavy (non-hydrogen) atoms. The maximum absolute atomic E-state index is 11.8. The fourth-order valence-electron chi connectivity index (χ4n) is 1.16. The third-order valence-corrected chi connectivity index (χ3v) is 3.19. The van der Waals surface area contributed by atoms with Crippen LogP contribution in [0.15, 0.2) is 33.6 Å². The number of aryl methyl sites for hydroxylation is 1. The van der Waals surface area contributed by atoms with E-state index in [9.17, 15) is 13.5 Å². The highest BCUT2D eigenvalue weighted by Gasteiger charge is 2.17. The molecule has 2 aromatic rings. The number of sulfonamides is 1. The lowest BCUT2D eigenvalue weighted by Crippen LogP contribution is -2.13. The fourth-order valence-corrected chi connectivity index (χ4v) is 2.13. The highest BCUT2D eigenvalue weighted by Crippen LogP contribution is 2.18. The van der Waals surface area contributed by atoms with E-state index in [0.717, 1.165) is 6.07 Å². The molecule has 0 aliphatic rings. The number of nitrogens with one attached hydrogen (secondary N) is 1. The van der Waals surface area contributed by atoms with E-state index in [-0.39, 0.29) is 22.6 Å². The Labute approximate surface area is 97.2 Å². The molecule has 0 aliphatic carbocycles. The predicted octanol–water partition coefficient (Wildman–Crippen LogP) is 0.884. The van der Waals surface area contributed by atoms with E-state index in [2.05, 4.69) is 14.9 Å². The van der Waals surface area contributed by atoms with Crippen LogP contribution in [0.1, 0.15) is 5.89 Å². The Morgan fingerprint density at radius 3 is 2.71 bits per heavy atom. The van der Waals surface area contributed by atoms with Crippen molar-refractivity contribution in [2.75, 3.05) is 4.72 Å². The summed E-state index contributed by atoms with van der Waals surface area (Å²) in [6.07, 6.45) is 0. The Balaban J connectivity index is 2.31. The normalized spacial score (nSPS) is 11.4. The third-order valence-electron chi connectivity index (χ3n) is 1.88. The van der Waals surface area contributed by atoms with Crippen molar-refractivity contribution in [2.24, 2.45) is 0 Å². The summed E-state index contributed by atoms with van der Waals surface area (Å²) in [4.78, 5) is -0.0895. The predicted molar refractivity (Wildman–Crippen MR) is 58.0 cm³/mol. The van der Waals surface area contributed by atoms with Gasteiger partial charge in [0.25, 0.3) is 10.0 Å². The summed E-state index contributed by atoms with van der Waals surface area (Å²) in [6, 6.07) is 5.03. The van der Waals surface area contributed by atoms with Crippen molar-refractivity contribution in [1.29, 1.82) is 0 Å². The lowest BCUT2D eigenvalue weighted by molar-refractivity contribution is 0.473. The number of phenolic OH excluding ortho intramolecular Hbond substituents is 1. The van der Waals surface area contributed by atoms with Crippen molar-refractivity contribution in [1.82, 2.24) is 10.2 Å². The molecule has 0 aliphatic heterocycles. The first-order valence-electron chi connectivity index (χ1n) is 4.59. The number of aromatic hydroxyl groups is 1. The van der Waals surface area contributed by atoms with Gasteiger partial charge in [0.05, 0.1) is 4.90 Å². The van der Waals surface area contributed by atoms with Crippen LogP contribution in [0, 0.1) is 6.92 Å². The monoisotopic (exact) mass is 255 g/mol. The molecule has 1 aromatic carbocycles. The van der Waals surface area contributed by atoms with Crippen molar-refractivity contribution < 1.29 is 17.9 Å². The molecule has 0 saturated heterocycles. The van der Waals surface area contributed by atoms with Gasteiger partial charge in [0.1, 0.15) is 5.75 Å². The Hall–Kier alpha value is -2.09. The number of aromatic nitrogens is 2. The molecule has 1 aromatic heterocycles. The van der Waals surface area contributed by atoms with Crippen LogP contribution in [0.5, 0.6) is 5.75 Å². The Morgan fingerprint density at radius 1 is 1.35 bits per heavy atom. The van der Waals surface area contributed by atoms with Gasteiger partial charge in [-0.15, -0.1) is 5.10 Å². The van der Waals surface area contributed by atoms with E-state index >= 15 is 0 Å². The number of benzene rings is 1. The first-order chi connectivity index (χ1) is 7.97. The van der Waals surface area contributed by atoms with E-state index in [1.165, 1.54) is 18.2 Å². The first-order valence-corrected chi connectivity index (χ1v) is 6.08. The fraction of sp³-hybridized carbons (Fsp3) is 0.111. The third kappa shape index (κ3) is 2.53. The average Bonchev–Trinajstić information content (AvgIpc) is 2.63. The SMILES string of the molecule is Cc1nnc(NS(=O)(=O)c2cccc(O)c2)o1. The van der Waals surface area contributed by atoms with Crippen LogP contribution in [0.25, 0.3) is 0 Å². The van der Waals surface area contributed by atoms with Crippen molar-refractivity contribution in [3.63, 3.8) is 0 Å². The second-order valence-corrected chi connectivity index (χ2v) is 4.91. The van der Waals surface area contributed by atoms with Gasteiger partial charge in [-0.2, -0.15) is 0 Å². The standard InChI is InChI=1S/C9H9N3O4S/c1-6-10-11-9(16-6)12-17(14,15)8-4-2-3-7(13)5-8/h2-5,13H,1H3,(H,11,12). The van der Waals surface area contributed by atoms with Crippen molar-refractivity contribution in [3.05, 3.63) is 30.2 Å². The number of anilines is 1. The minimum absolute atomic E-state index is 0.0895. The van der Waals surface area contributed by atoms with Crippen LogP contribution >= 0.6 is 0 Å². The zero-order valence-corrected chi connectivity index (χ0v) is 9.60. The summed E-state index contributed by atoms with van der Waals surface area (Å²) in [5, 5.41) is 16.2. The molecule has 0 fully saturated rings. The molecule has 1 heterocycles. The molecule has 8 heteroatoms. The number of phenols is 1. The minimum atomic E-state index is -3.83. The first kappa shape index (κ1) is 11.4. The van der Waals surface area contributed by atoms with Gasteiger partial charge in [-0.25, -0.2) is 13.1 Å². The van der Waals surface area contributed by atoms with Gasteiger partial charge in [0, 0.05) is 13.0 Å². The summed E-state index contributed by atoms with van der Waals surface area (Å²) in [5.74, 6) is 0.105. The Kier molecular flexibility index (Phi) is 2.72. The summed E-state index contributed by atoms with van der Waals surface area (Å²) >= 11 is 0. The van der Waals surface area contributed by atoms with Crippen molar-refractivity contribution in [2.45, 2.75) is 11.8 Å². The quantitative estimate of drug-likeness (QED) is 0.843. The smallest absolute Gasteiger partial charge is 0.329 e. The molecule has 2 N–H and O–H groups in total. The van der Waals surface area contributed by atoms with Gasteiger partial charge < -0.3 is 9.52 Å². The Morgan fingerprint density at radius 2 is 2.12 bits per heavy atom. The van der Waals surface area contributed by atoms with E-state index in [1.807, 2.05) is 0 Å². The summed E-state index contributed by atoms with van der Waals surface area (Å²) in [6.45, 7) is 1.54. The van der Waals surface area contributed by atoms with E-state index < -0.39 is 10.0 Å². The molecule has 2 rings (SSSR count). The molecule has 0 radical (unpaired) electrons. The topological polar surface area (TPSA) is 105 Å². The number of rotatable bonds is 3. The maximum atomic E-state index is 11.8. The van der Waals surface area contributed by atoms with Crippen LogP contribution in [0.4, 0.5) is 6.01 Å². The van der Waals surface area contributed by atoms with E-state index in [1.54, 1.807) is 6.92 Å². The van der Waals surface area contributed by atoms with Gasteiger partial charge in [-0.1, -0.05) is 11.2 Å². The molecular formula is C9H9N3O4S. The average molecular weight is 255 g/mol. The molecule has 0 unspecified atom stereocenters.